The minimum Gasteiger partial charge on any atom is -0.506 e. The van der Waals surface area contributed by atoms with Crippen molar-refractivity contribution >= 4 is 15.9 Å². The minimum absolute atomic E-state index is 0.387. The number of rotatable bonds is 3. The van der Waals surface area contributed by atoms with Gasteiger partial charge in [0, 0.05) is 0 Å². The molecule has 2 aromatic rings. The van der Waals surface area contributed by atoms with Gasteiger partial charge in [-0.15, -0.1) is 0 Å². The van der Waals surface area contributed by atoms with Crippen molar-refractivity contribution < 1.29 is 23.0 Å². The van der Waals surface area contributed by atoms with Crippen LogP contribution < -0.4 is 9.03 Å². The van der Waals surface area contributed by atoms with E-state index in [-0.39, 0.29) is 0 Å². The van der Waals surface area contributed by atoms with Crippen LogP contribution in [0.1, 0.15) is 11.1 Å². The molecule has 1 aliphatic heterocycles. The highest BCUT2D eigenvalue weighted by Gasteiger charge is 2.33. The summed E-state index contributed by atoms with van der Waals surface area (Å²) in [6.45, 7) is 0. The Bertz CT molecular complexity index is 859. The molecule has 0 fully saturated rings. The van der Waals surface area contributed by atoms with E-state index in [1.165, 1.54) is 6.07 Å². The Hall–Kier alpha value is -2.74. The number of aliphatic hydroxyl groups is 1. The van der Waals surface area contributed by atoms with Gasteiger partial charge < -0.3 is 10.2 Å². The Morgan fingerprint density at radius 1 is 1.09 bits per heavy atom. The molecule has 8 heteroatoms. The molecule has 0 saturated carbocycles. The maximum Gasteiger partial charge on any atom is 0.330 e. The van der Waals surface area contributed by atoms with Crippen LogP contribution in [0.15, 0.2) is 54.5 Å². The van der Waals surface area contributed by atoms with E-state index in [1.807, 2.05) is 30.3 Å². The van der Waals surface area contributed by atoms with Gasteiger partial charge in [-0.25, -0.2) is 13.4 Å². The van der Waals surface area contributed by atoms with Crippen LogP contribution in [0.5, 0.6) is 5.75 Å². The van der Waals surface area contributed by atoms with Gasteiger partial charge >= 0.3 is 10.2 Å². The van der Waals surface area contributed by atoms with Gasteiger partial charge in [0.05, 0.1) is 6.20 Å². The highest BCUT2D eigenvalue weighted by molar-refractivity contribution is 7.91. The number of nitrogens with one attached hydrogen (secondary N) is 1. The van der Waals surface area contributed by atoms with Gasteiger partial charge in [0.15, 0.2) is 5.82 Å². The number of aliphatic hydroxyl groups excluding tert-OH is 1. The average molecular weight is 336 g/mol. The lowest BCUT2D eigenvalue weighted by Crippen LogP contribution is -2.30. The zero-order chi connectivity index (χ0) is 16.6. The Kier molecular flexibility index (Phi) is 3.61. The van der Waals surface area contributed by atoms with Gasteiger partial charge in [-0.05, 0) is 29.7 Å². The molecule has 0 saturated heterocycles. The first kappa shape index (κ1) is 15.2. The van der Waals surface area contributed by atoms with E-state index in [0.29, 0.717) is 16.3 Å². The molecule has 3 N–H and O–H groups in total. The molecule has 0 aliphatic carbocycles. The number of halogens is 1. The molecule has 0 unspecified atom stereocenters. The molecule has 0 aromatic heterocycles. The second-order valence-corrected chi connectivity index (χ2v) is 6.57. The molecular formula is C15H13FN2O4S. The zero-order valence-corrected chi connectivity index (χ0v) is 12.6. The molecule has 23 heavy (non-hydrogen) atoms. The van der Waals surface area contributed by atoms with Crippen LogP contribution >= 0.6 is 0 Å². The molecule has 0 amide bonds. The van der Waals surface area contributed by atoms with Crippen molar-refractivity contribution in [2.75, 3.05) is 4.31 Å². The first-order valence-corrected chi connectivity index (χ1v) is 8.09. The monoisotopic (exact) mass is 336 g/mol. The lowest BCUT2D eigenvalue weighted by Gasteiger charge is -2.17. The topological polar surface area (TPSA) is 89.9 Å². The summed E-state index contributed by atoms with van der Waals surface area (Å²) in [5.41, 5.74) is 0.873. The third-order valence-corrected chi connectivity index (χ3v) is 4.58. The fraction of sp³-hybridized carbons (Fsp3) is 0.0667. The van der Waals surface area contributed by atoms with Crippen molar-refractivity contribution in [3.8, 4) is 5.75 Å². The van der Waals surface area contributed by atoms with Crippen LogP contribution in [0.25, 0.3) is 0 Å². The summed E-state index contributed by atoms with van der Waals surface area (Å²) in [6.07, 6.45) is 1.17. The van der Waals surface area contributed by atoms with Gasteiger partial charge in [-0.3, -0.25) is 0 Å². The molecule has 0 spiro atoms. The lowest BCUT2D eigenvalue weighted by molar-refractivity contribution is 0.392. The van der Waals surface area contributed by atoms with Crippen molar-refractivity contribution in [1.82, 2.24) is 4.72 Å². The number of benzene rings is 2. The van der Waals surface area contributed by atoms with Crippen molar-refractivity contribution in [2.24, 2.45) is 0 Å². The van der Waals surface area contributed by atoms with Crippen LogP contribution in [0.2, 0.25) is 0 Å². The van der Waals surface area contributed by atoms with E-state index in [9.17, 15) is 23.0 Å². The largest absolute Gasteiger partial charge is 0.506 e. The number of aromatic hydroxyl groups is 1. The zero-order valence-electron chi connectivity index (χ0n) is 11.8. The van der Waals surface area contributed by atoms with Crippen molar-refractivity contribution in [3.63, 3.8) is 0 Å². The first-order valence-electron chi connectivity index (χ1n) is 6.65. The normalized spacial score (nSPS) is 16.0. The molecule has 0 bridgehead atoms. The number of phenolic OH excluding ortho intramolecular Hbond substituents is 1. The summed E-state index contributed by atoms with van der Waals surface area (Å²) in [4.78, 5) is 0. The maximum atomic E-state index is 14.3. The van der Waals surface area contributed by atoms with E-state index < -0.39 is 33.3 Å². The summed E-state index contributed by atoms with van der Waals surface area (Å²) < 4.78 is 40.1. The number of nitrogens with zero attached hydrogens (tertiary/aromatic N) is 1. The SMILES string of the molecule is O=S1(=O)NC(O)=CN1c1c(O)cc(Cc2ccccc2)cc1F. The van der Waals surface area contributed by atoms with Gasteiger partial charge in [-0.1, -0.05) is 30.3 Å². The molecule has 1 aliphatic rings. The molecule has 0 atom stereocenters. The van der Waals surface area contributed by atoms with Gasteiger partial charge in [-0.2, -0.15) is 8.42 Å². The number of anilines is 1. The Morgan fingerprint density at radius 2 is 1.78 bits per heavy atom. The molecule has 1 heterocycles. The van der Waals surface area contributed by atoms with Gasteiger partial charge in [0.25, 0.3) is 0 Å². The van der Waals surface area contributed by atoms with E-state index in [0.717, 1.165) is 17.8 Å². The van der Waals surface area contributed by atoms with Crippen LogP contribution in [0.3, 0.4) is 0 Å². The third-order valence-electron chi connectivity index (χ3n) is 3.31. The quantitative estimate of drug-likeness (QED) is 0.801. The van der Waals surface area contributed by atoms with Gasteiger partial charge in [0.1, 0.15) is 11.4 Å². The Labute approximate surface area is 132 Å². The fourth-order valence-corrected chi connectivity index (χ4v) is 3.44. The van der Waals surface area contributed by atoms with Crippen molar-refractivity contribution in [2.45, 2.75) is 6.42 Å². The molecule has 120 valence electrons. The summed E-state index contributed by atoms with van der Waals surface area (Å²) >= 11 is 0. The van der Waals surface area contributed by atoms with E-state index in [2.05, 4.69) is 0 Å². The minimum atomic E-state index is -4.17. The predicted octanol–water partition coefficient (Wildman–Crippen LogP) is 2.13. The average Bonchev–Trinajstić information content (AvgIpc) is 2.72. The van der Waals surface area contributed by atoms with Crippen molar-refractivity contribution in [3.05, 3.63) is 71.5 Å². The van der Waals surface area contributed by atoms with Gasteiger partial charge in [0.2, 0.25) is 5.88 Å². The van der Waals surface area contributed by atoms with Crippen LogP contribution in [-0.2, 0) is 16.6 Å². The van der Waals surface area contributed by atoms with Crippen molar-refractivity contribution in [1.29, 1.82) is 0 Å². The molecule has 3 rings (SSSR count). The maximum absolute atomic E-state index is 14.3. The third kappa shape index (κ3) is 2.93. The van der Waals surface area contributed by atoms with Crippen LogP contribution in [0, 0.1) is 5.82 Å². The predicted molar refractivity (Wildman–Crippen MR) is 82.6 cm³/mol. The van der Waals surface area contributed by atoms with E-state index in [1.54, 1.807) is 4.72 Å². The standard InChI is InChI=1S/C15H13FN2O4S/c16-12-7-11(6-10-4-2-1-3-5-10)8-13(19)15(12)18-9-14(20)17-23(18,21)22/h1-5,7-9,17,19-20H,6H2. The highest BCUT2D eigenvalue weighted by atomic mass is 32.2. The highest BCUT2D eigenvalue weighted by Crippen LogP contribution is 2.35. The molecular weight excluding hydrogens is 323 g/mol. The number of phenols is 1. The Balaban J connectivity index is 1.99. The summed E-state index contributed by atoms with van der Waals surface area (Å²) in [6, 6.07) is 11.7. The van der Waals surface area contributed by atoms with Crippen LogP contribution in [0.4, 0.5) is 10.1 Å². The smallest absolute Gasteiger partial charge is 0.330 e. The number of hydrogen-bond acceptors (Lipinski definition) is 4. The Morgan fingerprint density at radius 3 is 2.35 bits per heavy atom. The lowest BCUT2D eigenvalue weighted by atomic mass is 10.0. The summed E-state index contributed by atoms with van der Waals surface area (Å²) in [5, 5.41) is 19.3. The van der Waals surface area contributed by atoms with Crippen LogP contribution in [-0.4, -0.2) is 18.6 Å². The molecule has 2 aromatic carbocycles. The first-order chi connectivity index (χ1) is 10.9. The second-order valence-electron chi connectivity index (χ2n) is 5.03. The molecule has 0 radical (unpaired) electrons. The molecule has 6 nitrogen and oxygen atoms in total. The van der Waals surface area contributed by atoms with E-state index >= 15 is 0 Å². The summed E-state index contributed by atoms with van der Waals surface area (Å²) in [7, 11) is -4.17. The summed E-state index contributed by atoms with van der Waals surface area (Å²) in [5.74, 6) is -2.10. The fourth-order valence-electron chi connectivity index (χ4n) is 2.36. The van der Waals surface area contributed by atoms with E-state index in [4.69, 9.17) is 0 Å². The second kappa shape index (κ2) is 5.47. The number of hydrogen-bond donors (Lipinski definition) is 3.